The van der Waals surface area contributed by atoms with Crippen LogP contribution in [0.5, 0.6) is 5.75 Å². The predicted molar refractivity (Wildman–Crippen MR) is 180 cm³/mol. The molecule has 5 N–H and O–H groups in total. The van der Waals surface area contributed by atoms with E-state index < -0.39 is 47.7 Å². The summed E-state index contributed by atoms with van der Waals surface area (Å²) in [6.07, 6.45) is 14.1. The summed E-state index contributed by atoms with van der Waals surface area (Å²) >= 11 is 0. The van der Waals surface area contributed by atoms with Gasteiger partial charge in [0.25, 0.3) is 0 Å². The Labute approximate surface area is 279 Å². The minimum absolute atomic E-state index is 0.0206. The molecule has 1 aromatic rings. The van der Waals surface area contributed by atoms with Gasteiger partial charge in [-0.2, -0.15) is 0 Å². The highest BCUT2D eigenvalue weighted by molar-refractivity contribution is 5.95. The van der Waals surface area contributed by atoms with Crippen molar-refractivity contribution in [2.24, 2.45) is 11.7 Å². The zero-order chi connectivity index (χ0) is 35.1. The van der Waals surface area contributed by atoms with Crippen LogP contribution in [-0.4, -0.2) is 65.1 Å². The molecule has 264 valence electrons. The standard InChI is InChI=1S/C36H56N2O9/c1-4-6-8-11-14-17-28(39)18-15-12-9-10-13-16-19-30(36(45,35(43)44)26-32(37)40)33(41)38-31(34(42)46-3)25-27-20-22-29(23-21-27)47-24-7-5-2/h16,19-23,30-31,45H,4-15,17-18,24-26H2,1-3H3,(H2,37,40)(H,38,41)(H,43,44)/t30-,31+,36+/m1/s1. The van der Waals surface area contributed by atoms with Gasteiger partial charge in [-0.05, 0) is 49.8 Å². The first-order valence-corrected chi connectivity index (χ1v) is 17.0. The Hall–Kier alpha value is -3.73. The molecule has 0 spiro atoms. The maximum atomic E-state index is 13.5. The highest BCUT2D eigenvalue weighted by Gasteiger charge is 2.48. The summed E-state index contributed by atoms with van der Waals surface area (Å²) in [7, 11) is 1.16. The number of carboxylic acid groups (broad SMARTS) is 1. The molecule has 1 aromatic carbocycles. The first kappa shape index (κ1) is 41.3. The Bertz CT molecular complexity index is 1140. The number of amides is 2. The van der Waals surface area contributed by atoms with Crippen LogP contribution >= 0.6 is 0 Å². The van der Waals surface area contributed by atoms with Gasteiger partial charge in [0.05, 0.1) is 26.1 Å². The fraction of sp³-hybridized carbons (Fsp3) is 0.639. The van der Waals surface area contributed by atoms with Crippen molar-refractivity contribution < 1.29 is 43.7 Å². The Kier molecular flexibility index (Phi) is 20.7. The molecule has 0 aromatic heterocycles. The van der Waals surface area contributed by atoms with Crippen LogP contribution in [-0.2, 0) is 35.1 Å². The van der Waals surface area contributed by atoms with E-state index >= 15 is 0 Å². The minimum Gasteiger partial charge on any atom is -0.494 e. The van der Waals surface area contributed by atoms with Crippen molar-refractivity contribution >= 4 is 29.5 Å². The van der Waals surface area contributed by atoms with Gasteiger partial charge in [0, 0.05) is 19.3 Å². The topological polar surface area (TPSA) is 182 Å². The summed E-state index contributed by atoms with van der Waals surface area (Å²) in [5, 5.41) is 23.4. The average molecular weight is 661 g/mol. The second-order valence-corrected chi connectivity index (χ2v) is 12.1. The van der Waals surface area contributed by atoms with Crippen LogP contribution in [0, 0.1) is 5.92 Å². The van der Waals surface area contributed by atoms with Crippen molar-refractivity contribution in [1.82, 2.24) is 5.32 Å². The van der Waals surface area contributed by atoms with Crippen LogP contribution in [0.4, 0.5) is 0 Å². The number of unbranched alkanes of at least 4 members (excludes halogenated alkanes) is 9. The van der Waals surface area contributed by atoms with Gasteiger partial charge < -0.3 is 30.7 Å². The highest BCUT2D eigenvalue weighted by Crippen LogP contribution is 2.26. The fourth-order valence-corrected chi connectivity index (χ4v) is 5.16. The Morgan fingerprint density at radius 1 is 0.894 bits per heavy atom. The number of carbonyl (C=O) groups is 5. The van der Waals surface area contributed by atoms with Crippen molar-refractivity contribution in [1.29, 1.82) is 0 Å². The summed E-state index contributed by atoms with van der Waals surface area (Å²) in [6, 6.07) is 5.77. The zero-order valence-corrected chi connectivity index (χ0v) is 28.5. The number of Topliss-reactive ketones (excluding diaryl/α,β-unsaturated/α-hetero) is 1. The van der Waals surface area contributed by atoms with Crippen LogP contribution in [0.1, 0.15) is 116 Å². The lowest BCUT2D eigenvalue weighted by Gasteiger charge is -2.30. The summed E-state index contributed by atoms with van der Waals surface area (Å²) in [4.78, 5) is 62.1. The van der Waals surface area contributed by atoms with Gasteiger partial charge in [-0.3, -0.25) is 14.4 Å². The number of ether oxygens (including phenoxy) is 2. The number of carboxylic acids is 1. The number of primary amides is 1. The van der Waals surface area contributed by atoms with Crippen molar-refractivity contribution in [2.45, 2.75) is 128 Å². The second kappa shape index (κ2) is 23.6. The third-order valence-corrected chi connectivity index (χ3v) is 8.01. The maximum Gasteiger partial charge on any atom is 0.337 e. The number of hydrogen-bond acceptors (Lipinski definition) is 8. The van der Waals surface area contributed by atoms with Crippen molar-refractivity contribution in [3.05, 3.63) is 42.0 Å². The van der Waals surface area contributed by atoms with E-state index in [4.69, 9.17) is 15.2 Å². The molecule has 0 fully saturated rings. The number of ketones is 1. The molecule has 0 heterocycles. The molecule has 11 heteroatoms. The maximum absolute atomic E-state index is 13.5. The molecular weight excluding hydrogens is 604 g/mol. The molecule has 3 atom stereocenters. The van der Waals surface area contributed by atoms with Gasteiger partial charge in [-0.1, -0.05) is 83.1 Å². The molecule has 11 nitrogen and oxygen atoms in total. The SMILES string of the molecule is CCCCCCCC(=O)CCCCCCC=C[C@H](C(=O)N[C@@H](Cc1ccc(OCCCC)cc1)C(=O)OC)[C@@](O)(CC(N)=O)C(=O)O. The lowest BCUT2D eigenvalue weighted by atomic mass is 9.82. The zero-order valence-electron chi connectivity index (χ0n) is 28.5. The number of benzene rings is 1. The van der Waals surface area contributed by atoms with Gasteiger partial charge in [-0.25, -0.2) is 9.59 Å². The number of aliphatic carboxylic acids is 1. The Morgan fingerprint density at radius 3 is 2.04 bits per heavy atom. The number of carbonyl (C=O) groups excluding carboxylic acids is 4. The number of nitrogens with two attached hydrogens (primary N) is 1. The molecule has 47 heavy (non-hydrogen) atoms. The molecular formula is C36H56N2O9. The van der Waals surface area contributed by atoms with Crippen LogP contribution < -0.4 is 15.8 Å². The first-order chi connectivity index (χ1) is 22.5. The summed E-state index contributed by atoms with van der Waals surface area (Å²) in [6.45, 7) is 4.79. The van der Waals surface area contributed by atoms with Crippen molar-refractivity contribution in [2.75, 3.05) is 13.7 Å². The number of esters is 1. The van der Waals surface area contributed by atoms with Gasteiger partial charge >= 0.3 is 11.9 Å². The molecule has 0 saturated carbocycles. The van der Waals surface area contributed by atoms with E-state index in [0.29, 0.717) is 43.6 Å². The number of allylic oxidation sites excluding steroid dienone is 1. The summed E-state index contributed by atoms with van der Waals surface area (Å²) in [5.74, 6) is -5.44. The second-order valence-electron chi connectivity index (χ2n) is 12.1. The number of nitrogens with one attached hydrogen (secondary N) is 1. The molecule has 0 aliphatic heterocycles. The van der Waals surface area contributed by atoms with Gasteiger partial charge in [0.2, 0.25) is 11.8 Å². The molecule has 2 amide bonds. The lowest BCUT2D eigenvalue weighted by molar-refractivity contribution is -0.169. The van der Waals surface area contributed by atoms with Crippen LogP contribution in [0.15, 0.2) is 36.4 Å². The molecule has 0 aliphatic rings. The monoisotopic (exact) mass is 660 g/mol. The molecule has 0 aliphatic carbocycles. The van der Waals surface area contributed by atoms with E-state index in [0.717, 1.165) is 52.1 Å². The van der Waals surface area contributed by atoms with Gasteiger partial charge in [0.1, 0.15) is 17.6 Å². The summed E-state index contributed by atoms with van der Waals surface area (Å²) in [5.41, 5.74) is 3.07. The average Bonchev–Trinajstić information content (AvgIpc) is 3.03. The van der Waals surface area contributed by atoms with E-state index in [1.807, 2.05) is 0 Å². The molecule has 0 saturated heterocycles. The number of rotatable bonds is 27. The highest BCUT2D eigenvalue weighted by atomic mass is 16.5. The third-order valence-electron chi connectivity index (χ3n) is 8.01. The molecule has 0 unspecified atom stereocenters. The van der Waals surface area contributed by atoms with Crippen molar-refractivity contribution in [3.8, 4) is 5.75 Å². The quantitative estimate of drug-likeness (QED) is 0.0560. The van der Waals surface area contributed by atoms with E-state index in [-0.39, 0.29) is 12.2 Å². The van der Waals surface area contributed by atoms with Crippen LogP contribution in [0.25, 0.3) is 0 Å². The Balaban J connectivity index is 2.87. The van der Waals surface area contributed by atoms with Crippen LogP contribution in [0.3, 0.4) is 0 Å². The van der Waals surface area contributed by atoms with Gasteiger partial charge in [0.15, 0.2) is 5.60 Å². The minimum atomic E-state index is -2.85. The number of aliphatic hydroxyl groups is 1. The Morgan fingerprint density at radius 2 is 1.49 bits per heavy atom. The number of methoxy groups -OCH3 is 1. The fourth-order valence-electron chi connectivity index (χ4n) is 5.16. The number of hydrogen-bond donors (Lipinski definition) is 4. The van der Waals surface area contributed by atoms with E-state index in [1.54, 1.807) is 30.3 Å². The van der Waals surface area contributed by atoms with E-state index in [2.05, 4.69) is 19.2 Å². The van der Waals surface area contributed by atoms with Gasteiger partial charge in [-0.15, -0.1) is 0 Å². The predicted octanol–water partition coefficient (Wildman–Crippen LogP) is 5.20. The molecule has 0 radical (unpaired) electrons. The smallest absolute Gasteiger partial charge is 0.337 e. The molecule has 0 bridgehead atoms. The van der Waals surface area contributed by atoms with Crippen molar-refractivity contribution in [3.63, 3.8) is 0 Å². The van der Waals surface area contributed by atoms with E-state index in [9.17, 15) is 34.2 Å². The van der Waals surface area contributed by atoms with E-state index in [1.165, 1.54) is 25.3 Å². The molecule has 1 rings (SSSR count). The largest absolute Gasteiger partial charge is 0.494 e. The summed E-state index contributed by atoms with van der Waals surface area (Å²) < 4.78 is 10.5. The normalized spacial score (nSPS) is 13.8. The lowest BCUT2D eigenvalue weighted by Crippen LogP contribution is -2.56. The van der Waals surface area contributed by atoms with Crippen LogP contribution in [0.2, 0.25) is 0 Å². The third kappa shape index (κ3) is 16.6. The first-order valence-electron chi connectivity index (χ1n) is 17.0.